The standard InChI is InChI=1S/C17H28N2O/c1-13(19-16(20)7-5-6-12-18)14-8-10-15(11-9-14)17(2,3)4/h8-11,13H,5-7,12,18H2,1-4H3,(H,19,20). The minimum absolute atomic E-state index is 0.0504. The van der Waals surface area contributed by atoms with Crippen molar-refractivity contribution in [2.45, 2.75) is 58.4 Å². The van der Waals surface area contributed by atoms with Gasteiger partial charge in [0, 0.05) is 6.42 Å². The lowest BCUT2D eigenvalue weighted by molar-refractivity contribution is -0.121. The molecule has 3 N–H and O–H groups in total. The van der Waals surface area contributed by atoms with Gasteiger partial charge in [-0.2, -0.15) is 0 Å². The molecule has 0 aliphatic rings. The van der Waals surface area contributed by atoms with Crippen LogP contribution in [-0.2, 0) is 10.2 Å². The Hall–Kier alpha value is -1.35. The predicted molar refractivity (Wildman–Crippen MR) is 84.6 cm³/mol. The van der Waals surface area contributed by atoms with E-state index >= 15 is 0 Å². The van der Waals surface area contributed by atoms with Crippen molar-refractivity contribution in [3.63, 3.8) is 0 Å². The summed E-state index contributed by atoms with van der Waals surface area (Å²) in [5.74, 6) is 0.103. The fourth-order valence-electron chi connectivity index (χ4n) is 2.10. The van der Waals surface area contributed by atoms with Gasteiger partial charge in [0.1, 0.15) is 0 Å². The Kier molecular flexibility index (Phi) is 6.21. The van der Waals surface area contributed by atoms with Gasteiger partial charge in [-0.1, -0.05) is 45.0 Å². The Morgan fingerprint density at radius 3 is 2.30 bits per heavy atom. The zero-order chi connectivity index (χ0) is 15.2. The quantitative estimate of drug-likeness (QED) is 0.783. The second kappa shape index (κ2) is 7.44. The lowest BCUT2D eigenvalue weighted by Crippen LogP contribution is -2.26. The van der Waals surface area contributed by atoms with Gasteiger partial charge in [0.2, 0.25) is 5.91 Å². The molecular weight excluding hydrogens is 248 g/mol. The monoisotopic (exact) mass is 276 g/mol. The summed E-state index contributed by atoms with van der Waals surface area (Å²) in [6.45, 7) is 9.27. The maximum Gasteiger partial charge on any atom is 0.220 e. The predicted octanol–water partition coefficient (Wildman–Crippen LogP) is 3.29. The molecule has 0 aliphatic carbocycles. The van der Waals surface area contributed by atoms with Crippen LogP contribution >= 0.6 is 0 Å². The summed E-state index contributed by atoms with van der Waals surface area (Å²) in [6, 6.07) is 8.55. The van der Waals surface area contributed by atoms with Crippen LogP contribution in [0.2, 0.25) is 0 Å². The van der Waals surface area contributed by atoms with Crippen LogP contribution in [-0.4, -0.2) is 12.5 Å². The second-order valence-electron chi connectivity index (χ2n) is 6.41. The Bertz CT molecular complexity index is 418. The molecule has 0 fully saturated rings. The number of nitrogens with one attached hydrogen (secondary N) is 1. The molecule has 1 unspecified atom stereocenters. The van der Waals surface area contributed by atoms with E-state index < -0.39 is 0 Å². The molecule has 0 saturated heterocycles. The summed E-state index contributed by atoms with van der Waals surface area (Å²) in [5.41, 5.74) is 8.04. The zero-order valence-corrected chi connectivity index (χ0v) is 13.2. The third kappa shape index (κ3) is 5.33. The molecule has 112 valence electrons. The molecule has 0 spiro atoms. The van der Waals surface area contributed by atoms with E-state index in [2.05, 4.69) is 50.4 Å². The molecule has 3 nitrogen and oxygen atoms in total. The molecule has 3 heteroatoms. The van der Waals surface area contributed by atoms with Crippen LogP contribution in [0.25, 0.3) is 0 Å². The van der Waals surface area contributed by atoms with Crippen LogP contribution in [0.15, 0.2) is 24.3 Å². The molecule has 0 aromatic heterocycles. The first-order valence-corrected chi connectivity index (χ1v) is 7.44. The fourth-order valence-corrected chi connectivity index (χ4v) is 2.10. The third-order valence-corrected chi connectivity index (χ3v) is 3.51. The summed E-state index contributed by atoms with van der Waals surface area (Å²) in [4.78, 5) is 11.8. The molecule has 0 heterocycles. The summed E-state index contributed by atoms with van der Waals surface area (Å²) < 4.78 is 0. The number of rotatable bonds is 6. The fraction of sp³-hybridized carbons (Fsp3) is 0.588. The van der Waals surface area contributed by atoms with Gasteiger partial charge in [-0.05, 0) is 42.9 Å². The van der Waals surface area contributed by atoms with E-state index in [0.29, 0.717) is 13.0 Å². The Morgan fingerprint density at radius 2 is 1.80 bits per heavy atom. The topological polar surface area (TPSA) is 55.1 Å². The molecule has 1 rings (SSSR count). The van der Waals surface area contributed by atoms with Gasteiger partial charge in [-0.25, -0.2) is 0 Å². The first-order valence-electron chi connectivity index (χ1n) is 7.44. The number of carbonyl (C=O) groups is 1. The van der Waals surface area contributed by atoms with Gasteiger partial charge in [-0.15, -0.1) is 0 Å². The van der Waals surface area contributed by atoms with E-state index in [1.165, 1.54) is 5.56 Å². The Balaban J connectivity index is 2.55. The maximum absolute atomic E-state index is 11.8. The number of carbonyl (C=O) groups excluding carboxylic acids is 1. The van der Waals surface area contributed by atoms with Gasteiger partial charge in [-0.3, -0.25) is 4.79 Å². The van der Waals surface area contributed by atoms with Crippen molar-refractivity contribution in [2.24, 2.45) is 5.73 Å². The minimum atomic E-state index is 0.0504. The largest absolute Gasteiger partial charge is 0.350 e. The molecule has 20 heavy (non-hydrogen) atoms. The number of nitrogens with two attached hydrogens (primary N) is 1. The van der Waals surface area contributed by atoms with Crippen molar-refractivity contribution in [3.05, 3.63) is 35.4 Å². The Labute approximate surface area is 122 Å². The molecular formula is C17H28N2O. The highest BCUT2D eigenvalue weighted by Crippen LogP contribution is 2.23. The highest BCUT2D eigenvalue weighted by atomic mass is 16.1. The molecule has 1 aromatic carbocycles. The van der Waals surface area contributed by atoms with Crippen LogP contribution in [0.1, 0.15) is 64.1 Å². The molecule has 0 radical (unpaired) electrons. The van der Waals surface area contributed by atoms with Crippen molar-refractivity contribution < 1.29 is 4.79 Å². The first-order chi connectivity index (χ1) is 9.34. The van der Waals surface area contributed by atoms with Gasteiger partial charge in [0.25, 0.3) is 0 Å². The molecule has 0 bridgehead atoms. The summed E-state index contributed by atoms with van der Waals surface area (Å²) in [5, 5.41) is 3.03. The summed E-state index contributed by atoms with van der Waals surface area (Å²) in [6.07, 6.45) is 2.32. The highest BCUT2D eigenvalue weighted by molar-refractivity contribution is 5.76. The Morgan fingerprint density at radius 1 is 1.20 bits per heavy atom. The zero-order valence-electron chi connectivity index (χ0n) is 13.2. The van der Waals surface area contributed by atoms with Gasteiger partial charge in [0.05, 0.1) is 6.04 Å². The number of hydrogen-bond acceptors (Lipinski definition) is 2. The lowest BCUT2D eigenvalue weighted by atomic mass is 9.86. The van der Waals surface area contributed by atoms with Crippen molar-refractivity contribution in [2.75, 3.05) is 6.54 Å². The molecule has 0 saturated carbocycles. The normalized spacial score (nSPS) is 13.1. The van der Waals surface area contributed by atoms with E-state index in [0.717, 1.165) is 18.4 Å². The van der Waals surface area contributed by atoms with Crippen LogP contribution in [0.4, 0.5) is 0 Å². The average molecular weight is 276 g/mol. The number of unbranched alkanes of at least 4 members (excludes halogenated alkanes) is 1. The highest BCUT2D eigenvalue weighted by Gasteiger charge is 2.14. The number of amides is 1. The molecule has 1 aromatic rings. The second-order valence-corrected chi connectivity index (χ2v) is 6.41. The van der Waals surface area contributed by atoms with Crippen molar-refractivity contribution in [1.29, 1.82) is 0 Å². The van der Waals surface area contributed by atoms with E-state index in [1.807, 2.05) is 6.92 Å². The van der Waals surface area contributed by atoms with Gasteiger partial charge >= 0.3 is 0 Å². The van der Waals surface area contributed by atoms with Crippen LogP contribution in [0.5, 0.6) is 0 Å². The summed E-state index contributed by atoms with van der Waals surface area (Å²) in [7, 11) is 0. The van der Waals surface area contributed by atoms with Crippen molar-refractivity contribution >= 4 is 5.91 Å². The molecule has 0 aliphatic heterocycles. The van der Waals surface area contributed by atoms with E-state index in [1.54, 1.807) is 0 Å². The van der Waals surface area contributed by atoms with E-state index in [4.69, 9.17) is 5.73 Å². The number of hydrogen-bond donors (Lipinski definition) is 2. The van der Waals surface area contributed by atoms with Crippen LogP contribution in [0.3, 0.4) is 0 Å². The number of benzene rings is 1. The van der Waals surface area contributed by atoms with Crippen molar-refractivity contribution in [1.82, 2.24) is 5.32 Å². The van der Waals surface area contributed by atoms with Crippen molar-refractivity contribution in [3.8, 4) is 0 Å². The smallest absolute Gasteiger partial charge is 0.220 e. The SMILES string of the molecule is CC(NC(=O)CCCCN)c1ccc(C(C)(C)C)cc1. The maximum atomic E-state index is 11.8. The van der Waals surface area contributed by atoms with Crippen LogP contribution < -0.4 is 11.1 Å². The average Bonchev–Trinajstić information content (AvgIpc) is 2.38. The van der Waals surface area contributed by atoms with E-state index in [9.17, 15) is 4.79 Å². The van der Waals surface area contributed by atoms with Gasteiger partial charge < -0.3 is 11.1 Å². The minimum Gasteiger partial charge on any atom is -0.350 e. The molecule has 1 amide bonds. The lowest BCUT2D eigenvalue weighted by Gasteiger charge is -2.20. The molecule has 1 atom stereocenters. The first kappa shape index (κ1) is 16.7. The third-order valence-electron chi connectivity index (χ3n) is 3.51. The van der Waals surface area contributed by atoms with Crippen LogP contribution in [0, 0.1) is 0 Å². The summed E-state index contributed by atoms with van der Waals surface area (Å²) >= 11 is 0. The van der Waals surface area contributed by atoms with E-state index in [-0.39, 0.29) is 17.4 Å². The van der Waals surface area contributed by atoms with Gasteiger partial charge in [0.15, 0.2) is 0 Å².